The van der Waals surface area contributed by atoms with Crippen LogP contribution in [0.2, 0.25) is 5.02 Å². The van der Waals surface area contributed by atoms with Crippen molar-refractivity contribution in [3.63, 3.8) is 0 Å². The lowest BCUT2D eigenvalue weighted by Gasteiger charge is -2.18. The monoisotopic (exact) mass is 308 g/mol. The number of hydrogen-bond acceptors (Lipinski definition) is 4. The van der Waals surface area contributed by atoms with Crippen LogP contribution in [0.5, 0.6) is 0 Å². The van der Waals surface area contributed by atoms with E-state index in [1.807, 2.05) is 37.1 Å². The Morgan fingerprint density at radius 3 is 2.76 bits per heavy atom. The van der Waals surface area contributed by atoms with Crippen molar-refractivity contribution in [1.29, 1.82) is 0 Å². The molecule has 7 heteroatoms. The van der Waals surface area contributed by atoms with E-state index in [1.165, 1.54) is 0 Å². The van der Waals surface area contributed by atoms with Crippen LogP contribution in [0, 0.1) is 10.1 Å². The Bertz CT molecular complexity index is 669. The maximum absolute atomic E-state index is 11.3. The lowest BCUT2D eigenvalue weighted by atomic mass is 10.2. The zero-order chi connectivity index (χ0) is 15.6. The largest absolute Gasteiger partial charge is 0.350 e. The fraction of sp³-hybridized carbons (Fsp3) is 0.357. The van der Waals surface area contributed by atoms with Crippen LogP contribution in [0.3, 0.4) is 0 Å². The SMILES string of the molecule is CCc1nn(C)c(N(C)Cc2cccc(Cl)c2)c1[N+](=O)[O-]. The minimum atomic E-state index is -0.365. The van der Waals surface area contributed by atoms with Gasteiger partial charge in [0.05, 0.1) is 4.92 Å². The Morgan fingerprint density at radius 1 is 1.48 bits per heavy atom. The number of rotatable bonds is 5. The van der Waals surface area contributed by atoms with Crippen molar-refractivity contribution in [3.8, 4) is 0 Å². The minimum absolute atomic E-state index is 0.0736. The molecule has 0 spiro atoms. The molecule has 1 aromatic heterocycles. The molecular weight excluding hydrogens is 292 g/mol. The number of anilines is 1. The van der Waals surface area contributed by atoms with Gasteiger partial charge in [-0.1, -0.05) is 30.7 Å². The van der Waals surface area contributed by atoms with Gasteiger partial charge in [-0.05, 0) is 24.1 Å². The fourth-order valence-corrected chi connectivity index (χ4v) is 2.61. The lowest BCUT2D eigenvalue weighted by Crippen LogP contribution is -2.20. The third kappa shape index (κ3) is 3.16. The molecule has 0 bridgehead atoms. The van der Waals surface area contributed by atoms with Crippen molar-refractivity contribution < 1.29 is 4.92 Å². The zero-order valence-corrected chi connectivity index (χ0v) is 13.0. The van der Waals surface area contributed by atoms with Gasteiger partial charge in [-0.25, -0.2) is 4.68 Å². The molecule has 0 saturated carbocycles. The summed E-state index contributed by atoms with van der Waals surface area (Å²) in [5, 5.41) is 16.2. The molecule has 0 atom stereocenters. The molecule has 0 aliphatic rings. The van der Waals surface area contributed by atoms with Crippen molar-refractivity contribution >= 4 is 23.1 Å². The summed E-state index contributed by atoms with van der Waals surface area (Å²) in [6.07, 6.45) is 0.523. The summed E-state index contributed by atoms with van der Waals surface area (Å²) in [4.78, 5) is 12.8. The van der Waals surface area contributed by atoms with Crippen molar-refractivity contribution in [2.75, 3.05) is 11.9 Å². The highest BCUT2D eigenvalue weighted by Crippen LogP contribution is 2.31. The van der Waals surface area contributed by atoms with Crippen LogP contribution in [0.25, 0.3) is 0 Å². The second kappa shape index (κ2) is 6.13. The molecule has 1 aromatic carbocycles. The number of benzene rings is 1. The molecule has 21 heavy (non-hydrogen) atoms. The third-order valence-electron chi connectivity index (χ3n) is 3.25. The van der Waals surface area contributed by atoms with Crippen molar-refractivity contribution in [3.05, 3.63) is 50.7 Å². The number of nitrogens with zero attached hydrogens (tertiary/aromatic N) is 4. The van der Waals surface area contributed by atoms with E-state index in [0.717, 1.165) is 5.56 Å². The Balaban J connectivity index is 2.37. The van der Waals surface area contributed by atoms with Crippen LogP contribution in [0.15, 0.2) is 24.3 Å². The molecule has 2 aromatic rings. The summed E-state index contributed by atoms with van der Waals surface area (Å²) in [5.41, 5.74) is 1.55. The van der Waals surface area contributed by atoms with Gasteiger partial charge in [-0.2, -0.15) is 5.10 Å². The van der Waals surface area contributed by atoms with Crippen LogP contribution >= 0.6 is 11.6 Å². The van der Waals surface area contributed by atoms with Gasteiger partial charge in [0.2, 0.25) is 5.82 Å². The molecule has 0 unspecified atom stereocenters. The highest BCUT2D eigenvalue weighted by atomic mass is 35.5. The average Bonchev–Trinajstić information content (AvgIpc) is 2.75. The standard InChI is InChI=1S/C14H17ClN4O2/c1-4-12-13(19(20)21)14(18(3)16-12)17(2)9-10-6-5-7-11(15)8-10/h5-8H,4,9H2,1-3H3. The number of hydrogen-bond donors (Lipinski definition) is 0. The van der Waals surface area contributed by atoms with Gasteiger partial charge in [-0.3, -0.25) is 10.1 Å². The first kappa shape index (κ1) is 15.3. The maximum Gasteiger partial charge on any atom is 0.334 e. The Hall–Kier alpha value is -2.08. The van der Waals surface area contributed by atoms with Crippen LogP contribution in [-0.2, 0) is 20.0 Å². The Morgan fingerprint density at radius 2 is 2.19 bits per heavy atom. The van der Waals surface area contributed by atoms with E-state index in [4.69, 9.17) is 11.6 Å². The fourth-order valence-electron chi connectivity index (χ4n) is 2.40. The number of nitro groups is 1. The quantitative estimate of drug-likeness (QED) is 0.628. The summed E-state index contributed by atoms with van der Waals surface area (Å²) in [5.74, 6) is 0.497. The van der Waals surface area contributed by atoms with Gasteiger partial charge < -0.3 is 4.90 Å². The first-order valence-electron chi connectivity index (χ1n) is 6.59. The maximum atomic E-state index is 11.3. The second-order valence-electron chi connectivity index (χ2n) is 4.84. The van der Waals surface area contributed by atoms with E-state index in [1.54, 1.807) is 17.8 Å². The van der Waals surface area contributed by atoms with Crippen molar-refractivity contribution in [2.24, 2.45) is 7.05 Å². The van der Waals surface area contributed by atoms with Crippen LogP contribution in [-0.4, -0.2) is 21.8 Å². The average molecular weight is 309 g/mol. The first-order valence-corrected chi connectivity index (χ1v) is 6.97. The summed E-state index contributed by atoms with van der Waals surface area (Å²) in [6.45, 7) is 2.38. The lowest BCUT2D eigenvalue weighted by molar-refractivity contribution is -0.384. The molecular formula is C14H17ClN4O2. The van der Waals surface area contributed by atoms with Crippen molar-refractivity contribution in [1.82, 2.24) is 9.78 Å². The molecule has 0 aliphatic carbocycles. The number of halogens is 1. The predicted octanol–water partition coefficient (Wildman–Crippen LogP) is 3.18. The minimum Gasteiger partial charge on any atom is -0.350 e. The van der Waals surface area contributed by atoms with Gasteiger partial charge in [-0.15, -0.1) is 0 Å². The Kier molecular flexibility index (Phi) is 4.47. The third-order valence-corrected chi connectivity index (χ3v) is 3.49. The summed E-state index contributed by atoms with van der Waals surface area (Å²) < 4.78 is 1.56. The molecule has 112 valence electrons. The highest BCUT2D eigenvalue weighted by molar-refractivity contribution is 6.30. The molecule has 6 nitrogen and oxygen atoms in total. The molecule has 0 fully saturated rings. The van der Waals surface area contributed by atoms with Gasteiger partial charge in [0, 0.05) is 25.7 Å². The zero-order valence-electron chi connectivity index (χ0n) is 12.2. The molecule has 0 aliphatic heterocycles. The van der Waals surface area contributed by atoms with Gasteiger partial charge in [0.15, 0.2) is 0 Å². The van der Waals surface area contributed by atoms with E-state index in [-0.39, 0.29) is 10.6 Å². The number of aryl methyl sites for hydroxylation is 2. The van der Waals surface area contributed by atoms with Gasteiger partial charge in [0.1, 0.15) is 5.69 Å². The topological polar surface area (TPSA) is 64.2 Å². The van der Waals surface area contributed by atoms with Gasteiger partial charge >= 0.3 is 5.69 Å². The first-order chi connectivity index (χ1) is 9.93. The summed E-state index contributed by atoms with van der Waals surface area (Å²) >= 11 is 5.97. The molecule has 0 N–H and O–H groups in total. The molecule has 0 amide bonds. The highest BCUT2D eigenvalue weighted by Gasteiger charge is 2.28. The molecule has 0 radical (unpaired) electrons. The Labute approximate surface area is 128 Å². The van der Waals surface area contributed by atoms with Crippen LogP contribution < -0.4 is 4.90 Å². The van der Waals surface area contributed by atoms with Crippen LogP contribution in [0.1, 0.15) is 18.2 Å². The second-order valence-corrected chi connectivity index (χ2v) is 5.28. The van der Waals surface area contributed by atoms with Crippen molar-refractivity contribution in [2.45, 2.75) is 19.9 Å². The molecule has 2 rings (SSSR count). The smallest absolute Gasteiger partial charge is 0.334 e. The predicted molar refractivity (Wildman–Crippen MR) is 82.8 cm³/mol. The van der Waals surface area contributed by atoms with E-state index >= 15 is 0 Å². The van der Waals surface area contributed by atoms with Crippen LogP contribution in [0.4, 0.5) is 11.5 Å². The van der Waals surface area contributed by atoms with E-state index in [0.29, 0.717) is 29.5 Å². The van der Waals surface area contributed by atoms with E-state index in [9.17, 15) is 10.1 Å². The van der Waals surface area contributed by atoms with E-state index < -0.39 is 0 Å². The molecule has 0 saturated heterocycles. The molecule has 1 heterocycles. The van der Waals surface area contributed by atoms with Gasteiger partial charge in [0.25, 0.3) is 0 Å². The number of aromatic nitrogens is 2. The summed E-state index contributed by atoms with van der Waals surface area (Å²) in [6, 6.07) is 7.44. The summed E-state index contributed by atoms with van der Waals surface area (Å²) in [7, 11) is 3.53. The normalized spacial score (nSPS) is 10.7. The van der Waals surface area contributed by atoms with E-state index in [2.05, 4.69) is 5.10 Å².